The van der Waals surface area contributed by atoms with Crippen LogP contribution >= 0.6 is 0 Å². The Labute approximate surface area is 148 Å². The van der Waals surface area contributed by atoms with E-state index in [1.54, 1.807) is 0 Å². The lowest BCUT2D eigenvalue weighted by molar-refractivity contribution is -0.301. The first-order valence-electron chi connectivity index (χ1n) is 9.15. The number of hydrogen-bond acceptors (Lipinski definition) is 8. The van der Waals surface area contributed by atoms with E-state index in [0.717, 1.165) is 25.7 Å². The highest BCUT2D eigenvalue weighted by atomic mass is 16.7. The van der Waals surface area contributed by atoms with Crippen LogP contribution in [-0.2, 0) is 14.3 Å². The zero-order valence-electron chi connectivity index (χ0n) is 14.8. The summed E-state index contributed by atoms with van der Waals surface area (Å²) in [5.41, 5.74) is 5.42. The average Bonchev–Trinajstić information content (AvgIpc) is 2.61. The minimum Gasteiger partial charge on any atom is -0.394 e. The molecule has 1 saturated heterocycles. The molecule has 148 valence electrons. The summed E-state index contributed by atoms with van der Waals surface area (Å²) in [7, 11) is 0. The molecule has 0 aromatic heterocycles. The van der Waals surface area contributed by atoms with Crippen LogP contribution in [-0.4, -0.2) is 76.7 Å². The number of Topliss-reactive ketones (excluding diaryl/α,β-unsaturated/α-hetero) is 1. The predicted molar refractivity (Wildman–Crippen MR) is 90.7 cm³/mol. The third-order valence-corrected chi connectivity index (χ3v) is 4.39. The zero-order valence-corrected chi connectivity index (χ0v) is 14.8. The van der Waals surface area contributed by atoms with E-state index >= 15 is 0 Å². The maximum atomic E-state index is 11.7. The van der Waals surface area contributed by atoms with E-state index in [0.29, 0.717) is 32.2 Å². The van der Waals surface area contributed by atoms with Crippen molar-refractivity contribution in [2.45, 2.75) is 82.1 Å². The van der Waals surface area contributed by atoms with E-state index in [2.05, 4.69) is 0 Å². The molecule has 1 aliphatic rings. The van der Waals surface area contributed by atoms with E-state index in [1.807, 2.05) is 0 Å². The van der Waals surface area contributed by atoms with Gasteiger partial charge in [0.05, 0.1) is 6.61 Å². The molecule has 5 atom stereocenters. The van der Waals surface area contributed by atoms with Crippen LogP contribution in [0.3, 0.4) is 0 Å². The normalized spacial score (nSPS) is 29.7. The molecule has 0 saturated carbocycles. The first-order valence-corrected chi connectivity index (χ1v) is 9.15. The maximum absolute atomic E-state index is 11.7. The number of ether oxygens (including phenoxy) is 2. The number of carbonyl (C=O) groups is 1. The number of unbranched alkanes of at least 4 members (excludes halogenated alkanes) is 4. The van der Waals surface area contributed by atoms with Gasteiger partial charge in [0.15, 0.2) is 6.29 Å². The highest BCUT2D eigenvalue weighted by molar-refractivity contribution is 5.78. The first kappa shape index (κ1) is 22.4. The Morgan fingerprint density at radius 2 is 1.56 bits per heavy atom. The number of hydrogen-bond donors (Lipinski definition) is 5. The standard InChI is InChI=1S/C17H33NO7/c18-9-5-2-1-3-7-12(20)8-4-6-10-24-17-16(23)15(22)14(21)13(11-19)25-17/h13-17,19,21-23H,1-11,18H2. The molecule has 6 N–H and O–H groups in total. The van der Waals surface area contributed by atoms with Crippen LogP contribution in [0.4, 0.5) is 0 Å². The highest BCUT2D eigenvalue weighted by Gasteiger charge is 2.43. The van der Waals surface area contributed by atoms with Crippen molar-refractivity contribution < 1.29 is 34.7 Å². The number of aliphatic hydroxyl groups excluding tert-OH is 4. The van der Waals surface area contributed by atoms with E-state index in [4.69, 9.17) is 20.3 Å². The lowest BCUT2D eigenvalue weighted by Crippen LogP contribution is -2.59. The summed E-state index contributed by atoms with van der Waals surface area (Å²) in [5, 5.41) is 38.2. The fraction of sp³-hybridized carbons (Fsp3) is 0.941. The van der Waals surface area contributed by atoms with Crippen molar-refractivity contribution in [1.29, 1.82) is 0 Å². The molecule has 25 heavy (non-hydrogen) atoms. The molecule has 8 nitrogen and oxygen atoms in total. The van der Waals surface area contributed by atoms with Gasteiger partial charge in [0, 0.05) is 19.4 Å². The van der Waals surface area contributed by atoms with Gasteiger partial charge in [-0.1, -0.05) is 12.8 Å². The maximum Gasteiger partial charge on any atom is 0.186 e. The van der Waals surface area contributed by atoms with E-state index in [-0.39, 0.29) is 12.4 Å². The summed E-state index contributed by atoms with van der Waals surface area (Å²) in [6.07, 6.45) is 0.119. The molecule has 1 rings (SSSR count). The lowest BCUT2D eigenvalue weighted by Gasteiger charge is -2.39. The van der Waals surface area contributed by atoms with Crippen LogP contribution < -0.4 is 5.73 Å². The third kappa shape index (κ3) is 8.08. The Bertz CT molecular complexity index is 367. The minimum absolute atomic E-state index is 0.237. The highest BCUT2D eigenvalue weighted by Crippen LogP contribution is 2.22. The van der Waals surface area contributed by atoms with Gasteiger partial charge in [0.1, 0.15) is 30.2 Å². The Balaban J connectivity index is 2.11. The summed E-state index contributed by atoms with van der Waals surface area (Å²) in [4.78, 5) is 11.7. The summed E-state index contributed by atoms with van der Waals surface area (Å²) in [6, 6.07) is 0. The molecule has 0 spiro atoms. The molecule has 0 radical (unpaired) electrons. The number of carbonyl (C=O) groups excluding carboxylic acids is 1. The zero-order chi connectivity index (χ0) is 18.7. The van der Waals surface area contributed by atoms with Crippen molar-refractivity contribution in [3.63, 3.8) is 0 Å². The molecular weight excluding hydrogens is 330 g/mol. The fourth-order valence-electron chi connectivity index (χ4n) is 2.77. The van der Waals surface area contributed by atoms with E-state index in [9.17, 15) is 20.1 Å². The molecule has 0 amide bonds. The van der Waals surface area contributed by atoms with Crippen LogP contribution in [0.25, 0.3) is 0 Å². The predicted octanol–water partition coefficient (Wildman–Crippen LogP) is -0.548. The van der Waals surface area contributed by atoms with Crippen molar-refractivity contribution in [3.05, 3.63) is 0 Å². The van der Waals surface area contributed by atoms with Crippen molar-refractivity contribution >= 4 is 5.78 Å². The Morgan fingerprint density at radius 3 is 2.20 bits per heavy atom. The summed E-state index contributed by atoms with van der Waals surface area (Å²) >= 11 is 0. The van der Waals surface area contributed by atoms with Crippen LogP contribution in [0.5, 0.6) is 0 Å². The van der Waals surface area contributed by atoms with Crippen molar-refractivity contribution in [1.82, 2.24) is 0 Å². The second-order valence-corrected chi connectivity index (χ2v) is 6.52. The quantitative estimate of drug-likeness (QED) is 0.274. The van der Waals surface area contributed by atoms with Gasteiger partial charge in [-0.3, -0.25) is 4.79 Å². The van der Waals surface area contributed by atoms with E-state index < -0.39 is 37.3 Å². The van der Waals surface area contributed by atoms with Gasteiger partial charge in [-0.05, 0) is 32.2 Å². The molecule has 0 bridgehead atoms. The number of aliphatic hydroxyl groups is 4. The van der Waals surface area contributed by atoms with Gasteiger partial charge >= 0.3 is 0 Å². The second kappa shape index (κ2) is 12.7. The summed E-state index contributed by atoms with van der Waals surface area (Å²) in [5.74, 6) is 0.237. The topological polar surface area (TPSA) is 142 Å². The number of ketones is 1. The van der Waals surface area contributed by atoms with E-state index in [1.165, 1.54) is 0 Å². The first-order chi connectivity index (χ1) is 12.0. The van der Waals surface area contributed by atoms with Crippen LogP contribution in [0.15, 0.2) is 0 Å². The monoisotopic (exact) mass is 363 g/mol. The average molecular weight is 363 g/mol. The van der Waals surface area contributed by atoms with Gasteiger partial charge in [-0.25, -0.2) is 0 Å². The Hall–Kier alpha value is -0.610. The summed E-state index contributed by atoms with van der Waals surface area (Å²) < 4.78 is 10.6. The van der Waals surface area contributed by atoms with Gasteiger partial charge in [-0.15, -0.1) is 0 Å². The Kier molecular flexibility index (Phi) is 11.4. The lowest BCUT2D eigenvalue weighted by atomic mass is 9.99. The molecule has 5 unspecified atom stereocenters. The molecule has 0 aromatic rings. The number of nitrogens with two attached hydrogens (primary N) is 1. The fourth-order valence-corrected chi connectivity index (χ4v) is 2.77. The smallest absolute Gasteiger partial charge is 0.186 e. The van der Waals surface area contributed by atoms with Crippen LogP contribution in [0, 0.1) is 0 Å². The third-order valence-electron chi connectivity index (χ3n) is 4.39. The molecule has 8 heteroatoms. The molecule has 1 aliphatic heterocycles. The van der Waals surface area contributed by atoms with Crippen LogP contribution in [0.1, 0.15) is 51.4 Å². The second-order valence-electron chi connectivity index (χ2n) is 6.52. The molecule has 0 aromatic carbocycles. The molecule has 1 fully saturated rings. The van der Waals surface area contributed by atoms with Gasteiger partial charge in [0.25, 0.3) is 0 Å². The van der Waals surface area contributed by atoms with Crippen LogP contribution in [0.2, 0.25) is 0 Å². The van der Waals surface area contributed by atoms with Gasteiger partial charge < -0.3 is 35.6 Å². The molecule has 0 aliphatic carbocycles. The van der Waals surface area contributed by atoms with Gasteiger partial charge in [0.2, 0.25) is 0 Å². The van der Waals surface area contributed by atoms with Crippen molar-refractivity contribution in [2.75, 3.05) is 19.8 Å². The largest absolute Gasteiger partial charge is 0.394 e. The number of rotatable bonds is 13. The van der Waals surface area contributed by atoms with Gasteiger partial charge in [-0.2, -0.15) is 0 Å². The summed E-state index contributed by atoms with van der Waals surface area (Å²) in [6.45, 7) is 0.472. The molecular formula is C17H33NO7. The SMILES string of the molecule is NCCCCCCC(=O)CCCCOC1OC(CO)C(O)C(O)C1O. The van der Waals surface area contributed by atoms with Crippen molar-refractivity contribution in [3.8, 4) is 0 Å². The van der Waals surface area contributed by atoms with Crippen molar-refractivity contribution in [2.24, 2.45) is 5.73 Å². The molecule has 1 heterocycles. The minimum atomic E-state index is -1.43. The Morgan fingerprint density at radius 1 is 0.920 bits per heavy atom.